The van der Waals surface area contributed by atoms with Crippen LogP contribution in [-0.4, -0.2) is 41.9 Å². The maximum Gasteiger partial charge on any atom is 0.318 e. The van der Waals surface area contributed by atoms with Crippen molar-refractivity contribution >= 4 is 16.0 Å². The number of aliphatic carboxylic acids is 1. The Hall–Kier alpha value is -1.80. The predicted octanol–water partition coefficient (Wildman–Crippen LogP) is 0.482. The summed E-state index contributed by atoms with van der Waals surface area (Å²) < 4.78 is 37.6. The Labute approximate surface area is 103 Å². The van der Waals surface area contributed by atoms with E-state index < -0.39 is 33.3 Å². The van der Waals surface area contributed by atoms with Crippen LogP contribution in [0.4, 0.5) is 4.39 Å². The van der Waals surface area contributed by atoms with Crippen molar-refractivity contribution in [3.05, 3.63) is 36.9 Å². The van der Waals surface area contributed by atoms with Crippen molar-refractivity contribution in [2.75, 3.05) is 13.1 Å². The second-order valence-corrected chi connectivity index (χ2v) is 5.26. The monoisotopic (exact) mass is 274 g/mol. The summed E-state index contributed by atoms with van der Waals surface area (Å²) in [7, 11) is -4.10. The van der Waals surface area contributed by atoms with Gasteiger partial charge >= 0.3 is 5.97 Å². The number of carbonyl (C=O) groups is 1. The molecule has 0 aliphatic carbocycles. The zero-order valence-corrected chi connectivity index (χ0v) is 10.1. The van der Waals surface area contributed by atoms with Crippen LogP contribution in [0, 0.1) is 5.82 Å². The Morgan fingerprint density at radius 1 is 1.56 bits per heavy atom. The van der Waals surface area contributed by atoms with Gasteiger partial charge in [-0.25, -0.2) is 12.8 Å². The molecular formula is C10H11FN2O4S. The summed E-state index contributed by atoms with van der Waals surface area (Å²) in [6.07, 6.45) is 3.05. The molecule has 1 aromatic rings. The van der Waals surface area contributed by atoms with Crippen molar-refractivity contribution in [2.24, 2.45) is 0 Å². The van der Waals surface area contributed by atoms with Crippen LogP contribution in [0.25, 0.3) is 0 Å². The van der Waals surface area contributed by atoms with E-state index in [2.05, 4.69) is 11.6 Å². The van der Waals surface area contributed by atoms with Gasteiger partial charge in [-0.3, -0.25) is 9.78 Å². The number of carboxylic acid groups (broad SMARTS) is 1. The third kappa shape index (κ3) is 3.34. The minimum Gasteiger partial charge on any atom is -0.480 e. The maximum absolute atomic E-state index is 12.9. The number of halogens is 1. The quantitative estimate of drug-likeness (QED) is 0.762. The Morgan fingerprint density at radius 2 is 2.22 bits per heavy atom. The van der Waals surface area contributed by atoms with E-state index in [9.17, 15) is 17.6 Å². The smallest absolute Gasteiger partial charge is 0.318 e. The molecule has 0 spiro atoms. The van der Waals surface area contributed by atoms with E-state index in [1.54, 1.807) is 0 Å². The van der Waals surface area contributed by atoms with Gasteiger partial charge in [-0.15, -0.1) is 6.58 Å². The first-order valence-corrected chi connectivity index (χ1v) is 6.25. The largest absolute Gasteiger partial charge is 0.480 e. The first-order chi connectivity index (χ1) is 8.37. The molecule has 1 aromatic heterocycles. The molecule has 98 valence electrons. The summed E-state index contributed by atoms with van der Waals surface area (Å²) in [6, 6.07) is 0.778. The molecule has 0 aromatic carbocycles. The summed E-state index contributed by atoms with van der Waals surface area (Å²) >= 11 is 0. The van der Waals surface area contributed by atoms with Crippen molar-refractivity contribution in [1.29, 1.82) is 0 Å². The molecule has 0 aliphatic rings. The molecule has 1 N–H and O–H groups in total. The van der Waals surface area contributed by atoms with Crippen molar-refractivity contribution in [2.45, 2.75) is 4.90 Å². The van der Waals surface area contributed by atoms with Crippen LogP contribution in [0.15, 0.2) is 36.0 Å². The Kier molecular flexibility index (Phi) is 4.51. The van der Waals surface area contributed by atoms with Gasteiger partial charge in [-0.1, -0.05) is 6.08 Å². The second kappa shape index (κ2) is 5.69. The second-order valence-electron chi connectivity index (χ2n) is 3.32. The van der Waals surface area contributed by atoms with E-state index in [4.69, 9.17) is 5.11 Å². The highest BCUT2D eigenvalue weighted by Gasteiger charge is 2.26. The van der Waals surface area contributed by atoms with Gasteiger partial charge in [0.1, 0.15) is 17.3 Å². The average Bonchev–Trinajstić information content (AvgIpc) is 2.28. The standard InChI is InChI=1S/C10H11FN2O4S/c1-2-3-13(7-10(14)15)18(16,17)9-4-8(11)5-12-6-9/h2,4-6H,1,3,7H2,(H,14,15). The lowest BCUT2D eigenvalue weighted by molar-refractivity contribution is -0.137. The molecule has 0 unspecified atom stereocenters. The molecule has 0 saturated carbocycles. The van der Waals surface area contributed by atoms with Gasteiger partial charge in [0.15, 0.2) is 0 Å². The zero-order valence-electron chi connectivity index (χ0n) is 9.28. The van der Waals surface area contributed by atoms with E-state index in [0.29, 0.717) is 4.31 Å². The van der Waals surface area contributed by atoms with Gasteiger partial charge in [-0.05, 0) is 6.07 Å². The van der Waals surface area contributed by atoms with Gasteiger partial charge in [0.05, 0.1) is 6.20 Å². The summed E-state index contributed by atoms with van der Waals surface area (Å²) in [5.41, 5.74) is 0. The number of hydrogen-bond acceptors (Lipinski definition) is 4. The third-order valence-electron chi connectivity index (χ3n) is 1.96. The van der Waals surface area contributed by atoms with Crippen molar-refractivity contribution in [3.8, 4) is 0 Å². The normalized spacial score (nSPS) is 11.4. The molecule has 0 atom stereocenters. The number of nitrogens with zero attached hydrogens (tertiary/aromatic N) is 2. The Bertz CT molecular complexity index is 559. The fourth-order valence-corrected chi connectivity index (χ4v) is 2.56. The number of carboxylic acids is 1. The fourth-order valence-electron chi connectivity index (χ4n) is 1.23. The number of aromatic nitrogens is 1. The molecule has 18 heavy (non-hydrogen) atoms. The summed E-state index contributed by atoms with van der Waals surface area (Å²) in [6.45, 7) is 2.42. The van der Waals surface area contributed by atoms with Crippen LogP contribution in [-0.2, 0) is 14.8 Å². The van der Waals surface area contributed by atoms with Gasteiger partial charge in [0, 0.05) is 12.7 Å². The molecule has 0 fully saturated rings. The molecule has 0 amide bonds. The van der Waals surface area contributed by atoms with Gasteiger partial charge < -0.3 is 5.11 Å². The molecule has 1 heterocycles. The van der Waals surface area contributed by atoms with Gasteiger partial charge in [-0.2, -0.15) is 4.31 Å². The van der Waals surface area contributed by atoms with E-state index in [1.165, 1.54) is 6.08 Å². The number of hydrogen-bond donors (Lipinski definition) is 1. The van der Waals surface area contributed by atoms with E-state index in [1.807, 2.05) is 0 Å². The SMILES string of the molecule is C=CCN(CC(=O)O)S(=O)(=O)c1cncc(F)c1. The third-order valence-corrected chi connectivity index (χ3v) is 3.74. The highest BCUT2D eigenvalue weighted by atomic mass is 32.2. The summed E-state index contributed by atoms with van der Waals surface area (Å²) in [5, 5.41) is 8.65. The lowest BCUT2D eigenvalue weighted by Gasteiger charge is -2.18. The molecule has 8 heteroatoms. The number of rotatable bonds is 6. The van der Waals surface area contributed by atoms with Gasteiger partial charge in [0.2, 0.25) is 10.0 Å². The van der Waals surface area contributed by atoms with Gasteiger partial charge in [0.25, 0.3) is 0 Å². The van der Waals surface area contributed by atoms with Crippen LogP contribution in [0.3, 0.4) is 0 Å². The van der Waals surface area contributed by atoms with Crippen LogP contribution >= 0.6 is 0 Å². The average molecular weight is 274 g/mol. The molecule has 0 radical (unpaired) electrons. The van der Waals surface area contributed by atoms with Crippen molar-refractivity contribution in [1.82, 2.24) is 9.29 Å². The maximum atomic E-state index is 12.9. The highest BCUT2D eigenvalue weighted by molar-refractivity contribution is 7.89. The zero-order chi connectivity index (χ0) is 13.8. The lowest BCUT2D eigenvalue weighted by atomic mass is 10.5. The molecule has 0 bridgehead atoms. The molecule has 0 aliphatic heterocycles. The van der Waals surface area contributed by atoms with E-state index in [0.717, 1.165) is 18.5 Å². The van der Waals surface area contributed by atoms with Crippen LogP contribution in [0.1, 0.15) is 0 Å². The van der Waals surface area contributed by atoms with E-state index >= 15 is 0 Å². The molecule has 1 rings (SSSR count). The predicted molar refractivity (Wildman–Crippen MR) is 60.8 cm³/mol. The number of pyridine rings is 1. The number of sulfonamides is 1. The first-order valence-electron chi connectivity index (χ1n) is 4.81. The van der Waals surface area contributed by atoms with Crippen LogP contribution < -0.4 is 0 Å². The fraction of sp³-hybridized carbons (Fsp3) is 0.200. The minimum absolute atomic E-state index is 0.189. The van der Waals surface area contributed by atoms with Crippen molar-refractivity contribution < 1.29 is 22.7 Å². The Morgan fingerprint density at radius 3 is 2.72 bits per heavy atom. The molecule has 6 nitrogen and oxygen atoms in total. The lowest BCUT2D eigenvalue weighted by Crippen LogP contribution is -2.35. The van der Waals surface area contributed by atoms with Crippen LogP contribution in [0.2, 0.25) is 0 Å². The van der Waals surface area contributed by atoms with E-state index in [-0.39, 0.29) is 6.54 Å². The van der Waals surface area contributed by atoms with Crippen molar-refractivity contribution in [3.63, 3.8) is 0 Å². The molecular weight excluding hydrogens is 263 g/mol. The highest BCUT2D eigenvalue weighted by Crippen LogP contribution is 2.15. The summed E-state index contributed by atoms with van der Waals surface area (Å²) in [4.78, 5) is 13.6. The Balaban J connectivity index is 3.16. The summed E-state index contributed by atoms with van der Waals surface area (Å²) in [5.74, 6) is -2.13. The molecule has 0 saturated heterocycles. The first kappa shape index (κ1) is 14.3. The van der Waals surface area contributed by atoms with Crippen LogP contribution in [0.5, 0.6) is 0 Å². The topological polar surface area (TPSA) is 87.6 Å². The minimum atomic E-state index is -4.10.